The summed E-state index contributed by atoms with van der Waals surface area (Å²) in [6, 6.07) is 11.5. The minimum atomic E-state index is -0.299. The molecule has 142 valence electrons. The Kier molecular flexibility index (Phi) is 5.87. The molecule has 8 heteroatoms. The molecule has 0 atom stereocenters. The third-order valence-corrected chi connectivity index (χ3v) is 3.97. The van der Waals surface area contributed by atoms with Crippen LogP contribution < -0.4 is 10.1 Å². The van der Waals surface area contributed by atoms with Crippen LogP contribution in [0.2, 0.25) is 0 Å². The highest BCUT2D eigenvalue weighted by Gasteiger charge is 2.15. The van der Waals surface area contributed by atoms with Crippen LogP contribution in [0.5, 0.6) is 5.88 Å². The van der Waals surface area contributed by atoms with E-state index in [2.05, 4.69) is 20.4 Å². The summed E-state index contributed by atoms with van der Waals surface area (Å²) in [5.74, 6) is 0.234. The molecule has 1 amide bonds. The van der Waals surface area contributed by atoms with Crippen molar-refractivity contribution in [2.24, 2.45) is 7.05 Å². The number of benzene rings is 1. The van der Waals surface area contributed by atoms with Crippen LogP contribution in [0.1, 0.15) is 16.1 Å². The Bertz CT molecular complexity index is 885. The van der Waals surface area contributed by atoms with Gasteiger partial charge in [0.2, 0.25) is 5.88 Å². The highest BCUT2D eigenvalue weighted by molar-refractivity contribution is 6.02. The molecule has 3 aromatic rings. The quantitative estimate of drug-likeness (QED) is 0.658. The molecule has 0 spiro atoms. The van der Waals surface area contributed by atoms with E-state index in [9.17, 15) is 4.79 Å². The van der Waals surface area contributed by atoms with Crippen molar-refractivity contribution in [1.82, 2.24) is 24.5 Å². The molecule has 0 aliphatic heterocycles. The number of carbonyl (C=O) groups is 1. The fraction of sp³-hybridized carbons (Fsp3) is 0.316. The lowest BCUT2D eigenvalue weighted by atomic mass is 10.2. The first-order chi connectivity index (χ1) is 13.0. The van der Waals surface area contributed by atoms with Gasteiger partial charge in [-0.25, -0.2) is 4.68 Å². The number of amides is 1. The third-order valence-electron chi connectivity index (χ3n) is 3.97. The van der Waals surface area contributed by atoms with Crippen molar-refractivity contribution in [3.63, 3.8) is 0 Å². The van der Waals surface area contributed by atoms with Crippen LogP contribution in [0.4, 0.5) is 5.69 Å². The third kappa shape index (κ3) is 5.18. The van der Waals surface area contributed by atoms with Crippen molar-refractivity contribution in [3.8, 4) is 5.88 Å². The molecule has 0 bridgehead atoms. The standard InChI is InChI=1S/C19H24N6O2/c1-23(2)9-10-25-13-16(12-20-25)21-19(26)17-11-18(24(3)22-17)27-14-15-7-5-4-6-8-15/h4-8,11-13H,9-10,14H2,1-3H3,(H,21,26). The maximum atomic E-state index is 12.4. The van der Waals surface area contributed by atoms with Gasteiger partial charge in [-0.1, -0.05) is 30.3 Å². The van der Waals surface area contributed by atoms with Crippen LogP contribution in [0.3, 0.4) is 0 Å². The van der Waals surface area contributed by atoms with Gasteiger partial charge >= 0.3 is 0 Å². The fourth-order valence-electron chi connectivity index (χ4n) is 2.48. The van der Waals surface area contributed by atoms with Crippen molar-refractivity contribution < 1.29 is 9.53 Å². The van der Waals surface area contributed by atoms with E-state index in [4.69, 9.17) is 4.74 Å². The number of hydrogen-bond donors (Lipinski definition) is 1. The van der Waals surface area contributed by atoms with E-state index in [0.717, 1.165) is 18.7 Å². The minimum absolute atomic E-state index is 0.293. The monoisotopic (exact) mass is 368 g/mol. The molecule has 0 fully saturated rings. The lowest BCUT2D eigenvalue weighted by Gasteiger charge is -2.08. The zero-order chi connectivity index (χ0) is 19.2. The number of aromatic nitrogens is 4. The van der Waals surface area contributed by atoms with Gasteiger partial charge in [-0.05, 0) is 19.7 Å². The first kappa shape index (κ1) is 18.7. The van der Waals surface area contributed by atoms with E-state index >= 15 is 0 Å². The fourth-order valence-corrected chi connectivity index (χ4v) is 2.48. The smallest absolute Gasteiger partial charge is 0.276 e. The van der Waals surface area contributed by atoms with E-state index in [1.165, 1.54) is 0 Å². The summed E-state index contributed by atoms with van der Waals surface area (Å²) in [7, 11) is 5.76. The van der Waals surface area contributed by atoms with E-state index in [1.807, 2.05) is 44.4 Å². The lowest BCUT2D eigenvalue weighted by Crippen LogP contribution is -2.18. The Hall–Kier alpha value is -3.13. The zero-order valence-corrected chi connectivity index (χ0v) is 15.8. The summed E-state index contributed by atoms with van der Waals surface area (Å²) >= 11 is 0. The molecule has 3 rings (SSSR count). The van der Waals surface area contributed by atoms with Gasteiger partial charge in [0, 0.05) is 25.9 Å². The van der Waals surface area contributed by atoms with Crippen molar-refractivity contribution in [3.05, 3.63) is 60.0 Å². The van der Waals surface area contributed by atoms with Gasteiger partial charge in [0.05, 0.1) is 18.4 Å². The molecule has 2 heterocycles. The average molecular weight is 368 g/mol. The Morgan fingerprint density at radius 3 is 2.78 bits per heavy atom. The summed E-state index contributed by atoms with van der Waals surface area (Å²) in [5, 5.41) is 11.3. The molecule has 27 heavy (non-hydrogen) atoms. The zero-order valence-electron chi connectivity index (χ0n) is 15.8. The van der Waals surface area contributed by atoms with Gasteiger partial charge in [-0.2, -0.15) is 10.2 Å². The molecule has 0 aliphatic rings. The number of aryl methyl sites for hydroxylation is 1. The molecular formula is C19H24N6O2. The SMILES string of the molecule is CN(C)CCn1cc(NC(=O)c2cc(OCc3ccccc3)n(C)n2)cn1. The van der Waals surface area contributed by atoms with Crippen LogP contribution in [0, 0.1) is 0 Å². The molecule has 0 radical (unpaired) electrons. The van der Waals surface area contributed by atoms with Gasteiger partial charge in [0.15, 0.2) is 5.69 Å². The average Bonchev–Trinajstić information content (AvgIpc) is 3.25. The maximum Gasteiger partial charge on any atom is 0.276 e. The molecule has 0 saturated carbocycles. The van der Waals surface area contributed by atoms with Crippen molar-refractivity contribution in [2.45, 2.75) is 13.2 Å². The summed E-state index contributed by atoms with van der Waals surface area (Å²) in [6.07, 6.45) is 3.43. The molecule has 2 aromatic heterocycles. The highest BCUT2D eigenvalue weighted by Crippen LogP contribution is 2.16. The van der Waals surface area contributed by atoms with Gasteiger partial charge in [-0.15, -0.1) is 0 Å². The largest absolute Gasteiger partial charge is 0.473 e. The Balaban J connectivity index is 1.59. The van der Waals surface area contributed by atoms with Crippen molar-refractivity contribution in [1.29, 1.82) is 0 Å². The number of nitrogens with zero attached hydrogens (tertiary/aromatic N) is 5. The molecule has 1 N–H and O–H groups in total. The predicted molar refractivity (Wildman–Crippen MR) is 103 cm³/mol. The number of nitrogens with one attached hydrogen (secondary N) is 1. The summed E-state index contributed by atoms with van der Waals surface area (Å²) < 4.78 is 9.11. The number of carbonyl (C=O) groups excluding carboxylic acids is 1. The summed E-state index contributed by atoms with van der Waals surface area (Å²) in [4.78, 5) is 14.5. The lowest BCUT2D eigenvalue weighted by molar-refractivity contribution is 0.102. The first-order valence-corrected chi connectivity index (χ1v) is 8.70. The molecular weight excluding hydrogens is 344 g/mol. The van der Waals surface area contributed by atoms with Crippen molar-refractivity contribution >= 4 is 11.6 Å². The predicted octanol–water partition coefficient (Wildman–Crippen LogP) is 2.01. The van der Waals surface area contributed by atoms with E-state index in [-0.39, 0.29) is 5.91 Å². The second kappa shape index (κ2) is 8.50. The first-order valence-electron chi connectivity index (χ1n) is 8.70. The van der Waals surface area contributed by atoms with E-state index in [1.54, 1.807) is 34.9 Å². The molecule has 8 nitrogen and oxygen atoms in total. The summed E-state index contributed by atoms with van der Waals surface area (Å²) in [5.41, 5.74) is 1.98. The highest BCUT2D eigenvalue weighted by atomic mass is 16.5. The van der Waals surface area contributed by atoms with E-state index < -0.39 is 0 Å². The number of anilines is 1. The Labute approximate surface area is 158 Å². The van der Waals surface area contributed by atoms with Gasteiger partial charge in [-0.3, -0.25) is 9.48 Å². The Morgan fingerprint density at radius 1 is 1.26 bits per heavy atom. The topological polar surface area (TPSA) is 77.2 Å². The van der Waals surface area contributed by atoms with Crippen LogP contribution >= 0.6 is 0 Å². The van der Waals surface area contributed by atoms with Crippen molar-refractivity contribution in [2.75, 3.05) is 26.0 Å². The molecule has 0 aliphatic carbocycles. The van der Waals surface area contributed by atoms with Gasteiger partial charge in [0.25, 0.3) is 5.91 Å². The van der Waals surface area contributed by atoms with E-state index in [0.29, 0.717) is 23.9 Å². The van der Waals surface area contributed by atoms with Crippen LogP contribution in [-0.2, 0) is 20.2 Å². The van der Waals surface area contributed by atoms with Crippen LogP contribution in [-0.4, -0.2) is 51.0 Å². The second-order valence-corrected chi connectivity index (χ2v) is 6.52. The molecule has 1 aromatic carbocycles. The minimum Gasteiger partial charge on any atom is -0.473 e. The second-order valence-electron chi connectivity index (χ2n) is 6.52. The summed E-state index contributed by atoms with van der Waals surface area (Å²) in [6.45, 7) is 2.04. The molecule has 0 unspecified atom stereocenters. The van der Waals surface area contributed by atoms with Crippen LogP contribution in [0.15, 0.2) is 48.8 Å². The number of likely N-dealkylation sites (N-methyl/N-ethyl adjacent to an activating group) is 1. The number of rotatable bonds is 8. The Morgan fingerprint density at radius 2 is 2.04 bits per heavy atom. The van der Waals surface area contributed by atoms with Gasteiger partial charge in [0.1, 0.15) is 6.61 Å². The van der Waals surface area contributed by atoms with Crippen LogP contribution in [0.25, 0.3) is 0 Å². The maximum absolute atomic E-state index is 12.4. The van der Waals surface area contributed by atoms with Gasteiger partial charge < -0.3 is 15.0 Å². The normalized spacial score (nSPS) is 11.0. The number of ether oxygens (including phenoxy) is 1. The number of hydrogen-bond acceptors (Lipinski definition) is 5. The molecule has 0 saturated heterocycles.